The lowest BCUT2D eigenvalue weighted by Gasteiger charge is -2.16. The maximum atomic E-state index is 11.0. The zero-order valence-corrected chi connectivity index (χ0v) is 9.07. The second kappa shape index (κ2) is 7.33. The van der Waals surface area contributed by atoms with Gasteiger partial charge in [0.25, 0.3) is 0 Å². The Morgan fingerprint density at radius 2 is 1.86 bits per heavy atom. The fourth-order valence-electron chi connectivity index (χ4n) is 0.996. The number of carbonyl (C=O) groups excluding carboxylic acids is 1. The Labute approximate surface area is 85.6 Å². The van der Waals surface area contributed by atoms with Crippen molar-refractivity contribution in [1.29, 1.82) is 0 Å². The molecule has 3 heteroatoms. The number of methoxy groups -OCH3 is 1. The van der Waals surface area contributed by atoms with Crippen LogP contribution in [0.25, 0.3) is 0 Å². The summed E-state index contributed by atoms with van der Waals surface area (Å²) in [7, 11) is 1.36. The largest absolute Gasteiger partial charge is 0.469 e. The Hall–Kier alpha value is -1.09. The first kappa shape index (κ1) is 12.9. The maximum Gasteiger partial charge on any atom is 0.314 e. The highest BCUT2D eigenvalue weighted by Crippen LogP contribution is 2.11. The van der Waals surface area contributed by atoms with Crippen LogP contribution in [-0.2, 0) is 9.53 Å². The minimum Gasteiger partial charge on any atom is -0.469 e. The van der Waals surface area contributed by atoms with Gasteiger partial charge >= 0.3 is 5.97 Å². The number of ether oxygens (including phenoxy) is 1. The predicted octanol–water partition coefficient (Wildman–Crippen LogP) is 1.65. The van der Waals surface area contributed by atoms with E-state index in [9.17, 15) is 4.79 Å². The van der Waals surface area contributed by atoms with Gasteiger partial charge in [-0.15, -0.1) is 0 Å². The lowest BCUT2D eigenvalue weighted by atomic mass is 9.96. The number of hydrogen-bond acceptors (Lipinski definition) is 3. The molecule has 0 bridgehead atoms. The van der Waals surface area contributed by atoms with Gasteiger partial charge in [-0.25, -0.2) is 0 Å². The van der Waals surface area contributed by atoms with Crippen molar-refractivity contribution in [1.82, 2.24) is 0 Å². The van der Waals surface area contributed by atoms with Gasteiger partial charge in [0.2, 0.25) is 0 Å². The second-order valence-electron chi connectivity index (χ2n) is 3.10. The summed E-state index contributed by atoms with van der Waals surface area (Å²) in [5.41, 5.74) is 5.62. The summed E-state index contributed by atoms with van der Waals surface area (Å²) >= 11 is 0. The third-order valence-electron chi connectivity index (χ3n) is 1.65. The van der Waals surface area contributed by atoms with E-state index < -0.39 is 0 Å². The van der Waals surface area contributed by atoms with Gasteiger partial charge in [-0.1, -0.05) is 44.6 Å². The molecule has 0 aliphatic heterocycles. The number of rotatable bonds is 1. The molecular formula is C11H19NO2. The van der Waals surface area contributed by atoms with Gasteiger partial charge in [-0.2, -0.15) is 0 Å². The van der Waals surface area contributed by atoms with E-state index in [0.29, 0.717) is 0 Å². The topological polar surface area (TPSA) is 52.3 Å². The van der Waals surface area contributed by atoms with Gasteiger partial charge in [0.1, 0.15) is 0 Å². The SMILES string of the molecule is CCC.COC(=O)C1C=CC=CC1N. The molecule has 0 aromatic heterocycles. The molecule has 0 spiro atoms. The molecule has 2 atom stereocenters. The van der Waals surface area contributed by atoms with Crippen LogP contribution >= 0.6 is 0 Å². The van der Waals surface area contributed by atoms with E-state index >= 15 is 0 Å². The first-order valence-corrected chi connectivity index (χ1v) is 4.85. The first-order valence-electron chi connectivity index (χ1n) is 4.85. The van der Waals surface area contributed by atoms with E-state index in [1.807, 2.05) is 6.08 Å². The quantitative estimate of drug-likeness (QED) is 0.650. The fourth-order valence-corrected chi connectivity index (χ4v) is 0.996. The molecule has 1 aliphatic carbocycles. The zero-order chi connectivity index (χ0) is 11.0. The van der Waals surface area contributed by atoms with E-state index in [-0.39, 0.29) is 17.9 Å². The van der Waals surface area contributed by atoms with Gasteiger partial charge in [-0.05, 0) is 0 Å². The average Bonchev–Trinajstić information content (AvgIpc) is 2.19. The zero-order valence-electron chi connectivity index (χ0n) is 9.07. The smallest absolute Gasteiger partial charge is 0.314 e. The molecule has 0 saturated carbocycles. The van der Waals surface area contributed by atoms with Crippen LogP contribution < -0.4 is 5.73 Å². The summed E-state index contributed by atoms with van der Waals surface area (Å²) < 4.78 is 4.56. The molecule has 0 radical (unpaired) electrons. The van der Waals surface area contributed by atoms with E-state index in [1.165, 1.54) is 13.5 Å². The standard InChI is InChI=1S/C8H11NO2.C3H8/c1-11-8(10)6-4-2-3-5-7(6)9;1-3-2/h2-7H,9H2,1H3;3H2,1-2H3. The van der Waals surface area contributed by atoms with Crippen LogP contribution in [0.2, 0.25) is 0 Å². The van der Waals surface area contributed by atoms with Gasteiger partial charge < -0.3 is 10.5 Å². The molecule has 0 aromatic carbocycles. The van der Waals surface area contributed by atoms with Crippen molar-refractivity contribution >= 4 is 5.97 Å². The Morgan fingerprint density at radius 1 is 1.36 bits per heavy atom. The molecule has 3 nitrogen and oxygen atoms in total. The summed E-state index contributed by atoms with van der Waals surface area (Å²) in [6, 6.07) is -0.243. The number of allylic oxidation sites excluding steroid dienone is 2. The highest BCUT2D eigenvalue weighted by atomic mass is 16.5. The third kappa shape index (κ3) is 4.23. The molecule has 2 N–H and O–H groups in total. The molecule has 2 unspecified atom stereocenters. The van der Waals surface area contributed by atoms with Gasteiger partial charge in [0.05, 0.1) is 13.0 Å². The molecule has 1 rings (SSSR count). The number of carbonyl (C=O) groups is 1. The lowest BCUT2D eigenvalue weighted by molar-refractivity contribution is -0.144. The molecule has 80 valence electrons. The van der Waals surface area contributed by atoms with Crippen molar-refractivity contribution in [3.05, 3.63) is 24.3 Å². The fraction of sp³-hybridized carbons (Fsp3) is 0.545. The molecule has 0 fully saturated rings. The van der Waals surface area contributed by atoms with Crippen LogP contribution in [0.3, 0.4) is 0 Å². The predicted molar refractivity (Wildman–Crippen MR) is 57.7 cm³/mol. The molecule has 14 heavy (non-hydrogen) atoms. The van der Waals surface area contributed by atoms with Crippen molar-refractivity contribution < 1.29 is 9.53 Å². The Morgan fingerprint density at radius 3 is 2.29 bits per heavy atom. The minimum atomic E-state index is -0.315. The summed E-state index contributed by atoms with van der Waals surface area (Å²) in [6.07, 6.45) is 8.40. The van der Waals surface area contributed by atoms with Crippen molar-refractivity contribution in [3.63, 3.8) is 0 Å². The van der Waals surface area contributed by atoms with E-state index in [1.54, 1.807) is 18.2 Å². The van der Waals surface area contributed by atoms with E-state index in [0.717, 1.165) is 0 Å². The highest BCUT2D eigenvalue weighted by molar-refractivity contribution is 5.76. The summed E-state index contributed by atoms with van der Waals surface area (Å²) in [4.78, 5) is 11.0. The van der Waals surface area contributed by atoms with Gasteiger partial charge in [-0.3, -0.25) is 4.79 Å². The maximum absolute atomic E-state index is 11.0. The summed E-state index contributed by atoms with van der Waals surface area (Å²) in [5.74, 6) is -0.594. The average molecular weight is 197 g/mol. The second-order valence-corrected chi connectivity index (χ2v) is 3.10. The Kier molecular flexibility index (Phi) is 6.76. The minimum absolute atomic E-state index is 0.243. The number of esters is 1. The normalized spacial score (nSPS) is 23.7. The molecule has 0 amide bonds. The third-order valence-corrected chi connectivity index (χ3v) is 1.65. The molecule has 0 heterocycles. The van der Waals surface area contributed by atoms with Gasteiger partial charge in [0.15, 0.2) is 0 Å². The molecule has 0 saturated heterocycles. The number of hydrogen-bond donors (Lipinski definition) is 1. The van der Waals surface area contributed by atoms with Crippen LogP contribution in [-0.4, -0.2) is 19.1 Å². The Bertz CT molecular complexity index is 221. The lowest BCUT2D eigenvalue weighted by Crippen LogP contribution is -2.34. The van der Waals surface area contributed by atoms with Gasteiger partial charge in [0, 0.05) is 6.04 Å². The van der Waals surface area contributed by atoms with Crippen molar-refractivity contribution in [2.75, 3.05) is 7.11 Å². The molecule has 0 aromatic rings. The molecular weight excluding hydrogens is 178 g/mol. The highest BCUT2D eigenvalue weighted by Gasteiger charge is 2.22. The van der Waals surface area contributed by atoms with Crippen LogP contribution in [0.4, 0.5) is 0 Å². The van der Waals surface area contributed by atoms with Crippen LogP contribution in [0.1, 0.15) is 20.3 Å². The van der Waals surface area contributed by atoms with Crippen LogP contribution in [0.5, 0.6) is 0 Å². The molecule has 1 aliphatic rings. The monoisotopic (exact) mass is 197 g/mol. The van der Waals surface area contributed by atoms with Crippen LogP contribution in [0.15, 0.2) is 24.3 Å². The van der Waals surface area contributed by atoms with Crippen molar-refractivity contribution in [2.24, 2.45) is 11.7 Å². The van der Waals surface area contributed by atoms with E-state index in [4.69, 9.17) is 5.73 Å². The Balaban J connectivity index is 0.000000500. The summed E-state index contributed by atoms with van der Waals surface area (Å²) in [5, 5.41) is 0. The number of nitrogens with two attached hydrogens (primary N) is 1. The van der Waals surface area contributed by atoms with Crippen molar-refractivity contribution in [3.8, 4) is 0 Å². The van der Waals surface area contributed by atoms with Crippen LogP contribution in [0, 0.1) is 5.92 Å². The van der Waals surface area contributed by atoms with Crippen molar-refractivity contribution in [2.45, 2.75) is 26.3 Å². The summed E-state index contributed by atoms with van der Waals surface area (Å²) in [6.45, 7) is 4.25. The van der Waals surface area contributed by atoms with E-state index in [2.05, 4.69) is 18.6 Å². The first-order chi connectivity index (χ1) is 6.67.